The lowest BCUT2D eigenvalue weighted by Gasteiger charge is -2.34. The summed E-state index contributed by atoms with van der Waals surface area (Å²) < 4.78 is 39.6. The summed E-state index contributed by atoms with van der Waals surface area (Å²) in [4.78, 5) is 29.1. The summed E-state index contributed by atoms with van der Waals surface area (Å²) in [6, 6.07) is 18.6. The van der Waals surface area contributed by atoms with Crippen LogP contribution in [-0.2, 0) is 32.6 Å². The van der Waals surface area contributed by atoms with Gasteiger partial charge < -0.3 is 10.2 Å². The second-order valence-corrected chi connectivity index (χ2v) is 13.8. The number of sulfonamides is 1. The van der Waals surface area contributed by atoms with Gasteiger partial charge in [-0.05, 0) is 69.2 Å². The van der Waals surface area contributed by atoms with E-state index in [1.54, 1.807) is 18.2 Å². The molecule has 2 amide bonds. The number of anilines is 1. The highest BCUT2D eigenvalue weighted by atomic mass is 35.5. The minimum Gasteiger partial charge on any atom is -0.350 e. The molecule has 1 atom stereocenters. The van der Waals surface area contributed by atoms with Gasteiger partial charge in [0.1, 0.15) is 11.9 Å². The highest BCUT2D eigenvalue weighted by Crippen LogP contribution is 2.28. The fourth-order valence-corrected chi connectivity index (χ4v) is 5.95. The molecule has 0 saturated heterocycles. The maximum absolute atomic E-state index is 13.9. The SMILES string of the molecule is CC(C)(C)NC(=O)[C@H](Cc1ccccc1)N(Cc1c(Cl)cccc1Cl)C(=O)CCCN(c1ccc(F)cc1)S(C)(=O)=O. The lowest BCUT2D eigenvalue weighted by molar-refractivity contribution is -0.142. The van der Waals surface area contributed by atoms with Gasteiger partial charge in [0, 0.05) is 47.1 Å². The van der Waals surface area contributed by atoms with Crippen LogP contribution >= 0.6 is 23.2 Å². The molecule has 0 unspecified atom stereocenters. The number of halogens is 3. The van der Waals surface area contributed by atoms with Crippen LogP contribution in [0.5, 0.6) is 0 Å². The Bertz CT molecular complexity index is 1460. The monoisotopic (exact) mass is 635 g/mol. The van der Waals surface area contributed by atoms with Gasteiger partial charge in [-0.15, -0.1) is 0 Å². The minimum atomic E-state index is -3.71. The average Bonchev–Trinajstić information content (AvgIpc) is 2.89. The van der Waals surface area contributed by atoms with E-state index in [9.17, 15) is 22.4 Å². The molecular formula is C31H36Cl2FN3O4S. The van der Waals surface area contributed by atoms with E-state index >= 15 is 0 Å². The summed E-state index contributed by atoms with van der Waals surface area (Å²) in [5, 5.41) is 3.71. The predicted molar refractivity (Wildman–Crippen MR) is 167 cm³/mol. The molecule has 0 spiro atoms. The third-order valence-corrected chi connectivity index (χ3v) is 8.33. The van der Waals surface area contributed by atoms with Crippen molar-refractivity contribution in [2.24, 2.45) is 0 Å². The summed E-state index contributed by atoms with van der Waals surface area (Å²) in [7, 11) is -3.71. The summed E-state index contributed by atoms with van der Waals surface area (Å²) >= 11 is 13.0. The molecule has 0 aliphatic rings. The molecule has 7 nitrogen and oxygen atoms in total. The van der Waals surface area contributed by atoms with E-state index in [0.717, 1.165) is 16.1 Å². The van der Waals surface area contributed by atoms with E-state index in [-0.39, 0.29) is 49.9 Å². The van der Waals surface area contributed by atoms with Crippen LogP contribution in [0.1, 0.15) is 44.7 Å². The Labute approximate surface area is 257 Å². The number of amides is 2. The first-order valence-corrected chi connectivity index (χ1v) is 16.1. The normalized spacial score (nSPS) is 12.5. The Kier molecular flexibility index (Phi) is 11.4. The van der Waals surface area contributed by atoms with Crippen molar-refractivity contribution in [1.29, 1.82) is 0 Å². The topological polar surface area (TPSA) is 86.8 Å². The van der Waals surface area contributed by atoms with Crippen LogP contribution in [0.3, 0.4) is 0 Å². The molecule has 0 radical (unpaired) electrons. The minimum absolute atomic E-state index is 0.0194. The van der Waals surface area contributed by atoms with Gasteiger partial charge in [0.25, 0.3) is 0 Å². The Balaban J connectivity index is 1.94. The van der Waals surface area contributed by atoms with Gasteiger partial charge in [-0.25, -0.2) is 12.8 Å². The first kappa shape index (κ1) is 33.4. The van der Waals surface area contributed by atoms with Crippen molar-refractivity contribution in [2.45, 2.75) is 58.2 Å². The van der Waals surface area contributed by atoms with Gasteiger partial charge in [0.15, 0.2) is 0 Å². The molecule has 0 fully saturated rings. The van der Waals surface area contributed by atoms with Crippen LogP contribution < -0.4 is 9.62 Å². The summed E-state index contributed by atoms with van der Waals surface area (Å²) in [6.07, 6.45) is 1.37. The maximum atomic E-state index is 13.9. The second kappa shape index (κ2) is 14.4. The van der Waals surface area contributed by atoms with Crippen molar-refractivity contribution in [3.63, 3.8) is 0 Å². The van der Waals surface area contributed by atoms with Crippen molar-refractivity contribution in [1.82, 2.24) is 10.2 Å². The number of nitrogens with one attached hydrogen (secondary N) is 1. The molecule has 3 aromatic carbocycles. The summed E-state index contributed by atoms with van der Waals surface area (Å²) in [5.41, 5.74) is 1.08. The molecule has 42 heavy (non-hydrogen) atoms. The van der Waals surface area contributed by atoms with E-state index in [0.29, 0.717) is 15.6 Å². The Morgan fingerprint density at radius 1 is 0.929 bits per heavy atom. The lowest BCUT2D eigenvalue weighted by atomic mass is 10.00. The lowest BCUT2D eigenvalue weighted by Crippen LogP contribution is -2.54. The fourth-order valence-electron chi connectivity index (χ4n) is 4.47. The smallest absolute Gasteiger partial charge is 0.243 e. The van der Waals surface area contributed by atoms with E-state index in [1.165, 1.54) is 29.2 Å². The van der Waals surface area contributed by atoms with Crippen molar-refractivity contribution in [3.05, 3.63) is 99.8 Å². The highest BCUT2D eigenvalue weighted by Gasteiger charge is 2.33. The van der Waals surface area contributed by atoms with Gasteiger partial charge in [0.2, 0.25) is 21.8 Å². The third kappa shape index (κ3) is 9.71. The van der Waals surface area contributed by atoms with Gasteiger partial charge in [-0.1, -0.05) is 59.6 Å². The number of carbonyl (C=O) groups is 2. The molecule has 11 heteroatoms. The standard InChI is InChI=1S/C31H36Cl2FN3O4S/c1-31(2,3)35-30(39)28(20-22-10-6-5-7-11-22)36(21-25-26(32)12-8-13-27(25)33)29(38)14-9-19-37(42(4,40)41)24-17-15-23(34)16-18-24/h5-8,10-13,15-18,28H,9,14,19-21H2,1-4H3,(H,35,39)/t28-/m0/s1. The van der Waals surface area contributed by atoms with Crippen LogP contribution in [0.15, 0.2) is 72.8 Å². The Morgan fingerprint density at radius 2 is 1.52 bits per heavy atom. The zero-order chi connectivity index (χ0) is 31.1. The first-order valence-electron chi connectivity index (χ1n) is 13.5. The second-order valence-electron chi connectivity index (χ2n) is 11.1. The van der Waals surface area contributed by atoms with Crippen LogP contribution in [0, 0.1) is 5.82 Å². The number of hydrogen-bond acceptors (Lipinski definition) is 4. The van der Waals surface area contributed by atoms with Gasteiger partial charge >= 0.3 is 0 Å². The van der Waals surface area contributed by atoms with Crippen molar-refractivity contribution < 1.29 is 22.4 Å². The average molecular weight is 637 g/mol. The van der Waals surface area contributed by atoms with Crippen LogP contribution in [-0.4, -0.2) is 49.5 Å². The Morgan fingerprint density at radius 3 is 2.07 bits per heavy atom. The first-order chi connectivity index (χ1) is 19.7. The molecule has 0 aliphatic heterocycles. The van der Waals surface area contributed by atoms with Gasteiger partial charge in [0.05, 0.1) is 11.9 Å². The van der Waals surface area contributed by atoms with E-state index in [2.05, 4.69) is 5.32 Å². The zero-order valence-corrected chi connectivity index (χ0v) is 26.4. The van der Waals surface area contributed by atoms with Crippen LogP contribution in [0.2, 0.25) is 10.0 Å². The van der Waals surface area contributed by atoms with E-state index < -0.39 is 27.4 Å². The van der Waals surface area contributed by atoms with Crippen molar-refractivity contribution >= 4 is 50.7 Å². The highest BCUT2D eigenvalue weighted by molar-refractivity contribution is 7.92. The molecule has 0 aromatic heterocycles. The number of hydrogen-bond donors (Lipinski definition) is 1. The number of nitrogens with zero attached hydrogens (tertiary/aromatic N) is 2. The quantitative estimate of drug-likeness (QED) is 0.255. The van der Waals surface area contributed by atoms with Gasteiger partial charge in [-0.2, -0.15) is 0 Å². The maximum Gasteiger partial charge on any atom is 0.243 e. The molecule has 1 N–H and O–H groups in total. The molecule has 0 bridgehead atoms. The zero-order valence-electron chi connectivity index (χ0n) is 24.1. The van der Waals surface area contributed by atoms with E-state index in [4.69, 9.17) is 23.2 Å². The number of rotatable bonds is 12. The summed E-state index contributed by atoms with van der Waals surface area (Å²) in [5.74, 6) is -1.20. The summed E-state index contributed by atoms with van der Waals surface area (Å²) in [6.45, 7) is 5.53. The van der Waals surface area contributed by atoms with Crippen molar-refractivity contribution in [3.8, 4) is 0 Å². The molecule has 0 aliphatic carbocycles. The van der Waals surface area contributed by atoms with Crippen LogP contribution in [0.4, 0.5) is 10.1 Å². The molecule has 226 valence electrons. The van der Waals surface area contributed by atoms with Crippen LogP contribution in [0.25, 0.3) is 0 Å². The number of carbonyl (C=O) groups excluding carboxylic acids is 2. The molecule has 0 heterocycles. The molecular weight excluding hydrogens is 600 g/mol. The predicted octanol–water partition coefficient (Wildman–Crippen LogP) is 6.23. The fraction of sp³-hybridized carbons (Fsp3) is 0.355. The molecule has 3 aromatic rings. The number of benzene rings is 3. The third-order valence-electron chi connectivity index (χ3n) is 6.43. The van der Waals surface area contributed by atoms with Gasteiger partial charge in [-0.3, -0.25) is 13.9 Å². The van der Waals surface area contributed by atoms with Crippen molar-refractivity contribution in [2.75, 3.05) is 17.1 Å². The Hall–Kier alpha value is -3.14. The molecule has 3 rings (SSSR count). The van der Waals surface area contributed by atoms with E-state index in [1.807, 2.05) is 51.1 Å². The molecule has 0 saturated carbocycles. The largest absolute Gasteiger partial charge is 0.350 e.